The molecule has 16 heavy (non-hydrogen) atoms. The highest BCUT2D eigenvalue weighted by atomic mass is 16.5. The Balaban J connectivity index is 2.34. The Kier molecular flexibility index (Phi) is 2.99. The average Bonchev–Trinajstić information content (AvgIpc) is 2.39. The molecule has 80 valence electrons. The second kappa shape index (κ2) is 4.60. The predicted octanol–water partition coefficient (Wildman–Crippen LogP) is 2.54. The molecule has 0 heterocycles. The smallest absolute Gasteiger partial charge is 0.356 e. The molecule has 0 bridgehead atoms. The van der Waals surface area contributed by atoms with Gasteiger partial charge in [0.15, 0.2) is 0 Å². The van der Waals surface area contributed by atoms with E-state index < -0.39 is 0 Å². The SMILES string of the molecule is COC1=CC(c2ccccc2)C=CC1=[N+]=[N-]. The van der Waals surface area contributed by atoms with Crippen LogP contribution in [0.5, 0.6) is 0 Å². The molecule has 3 heteroatoms. The van der Waals surface area contributed by atoms with Gasteiger partial charge in [0.1, 0.15) is 0 Å². The highest BCUT2D eigenvalue weighted by Crippen LogP contribution is 2.24. The lowest BCUT2D eigenvalue weighted by Crippen LogP contribution is -2.10. The van der Waals surface area contributed by atoms with Gasteiger partial charge in [0.05, 0.1) is 7.11 Å². The Labute approximate surface area is 94.3 Å². The number of rotatable bonds is 2. The third-order valence-corrected chi connectivity index (χ3v) is 2.56. The van der Waals surface area contributed by atoms with Crippen LogP contribution in [-0.2, 0) is 4.74 Å². The predicted molar refractivity (Wildman–Crippen MR) is 62.0 cm³/mol. The quantitative estimate of drug-likeness (QED) is 0.549. The maximum Gasteiger partial charge on any atom is 0.356 e. The molecule has 1 aliphatic rings. The second-order valence-corrected chi connectivity index (χ2v) is 3.52. The molecule has 0 fully saturated rings. The topological polar surface area (TPSA) is 45.6 Å². The summed E-state index contributed by atoms with van der Waals surface area (Å²) in [6.07, 6.45) is 5.67. The van der Waals surface area contributed by atoms with E-state index >= 15 is 0 Å². The largest absolute Gasteiger partial charge is 0.490 e. The maximum atomic E-state index is 8.77. The number of hydrogen-bond acceptors (Lipinski definition) is 1. The number of nitrogens with zero attached hydrogens (tertiary/aromatic N) is 2. The Morgan fingerprint density at radius 3 is 2.62 bits per heavy atom. The van der Waals surface area contributed by atoms with Gasteiger partial charge in [-0.2, -0.15) is 4.79 Å². The van der Waals surface area contributed by atoms with Gasteiger partial charge in [-0.05, 0) is 11.6 Å². The average molecular weight is 212 g/mol. The Hall–Kier alpha value is -2.12. The van der Waals surface area contributed by atoms with E-state index in [0.717, 1.165) is 0 Å². The summed E-state index contributed by atoms with van der Waals surface area (Å²) in [4.78, 5) is 3.16. The van der Waals surface area contributed by atoms with Crippen LogP contribution in [0.4, 0.5) is 0 Å². The first-order valence-electron chi connectivity index (χ1n) is 5.06. The van der Waals surface area contributed by atoms with Gasteiger partial charge < -0.3 is 10.3 Å². The van der Waals surface area contributed by atoms with Crippen molar-refractivity contribution >= 4 is 5.71 Å². The summed E-state index contributed by atoms with van der Waals surface area (Å²) in [5.74, 6) is 0.764. The van der Waals surface area contributed by atoms with Gasteiger partial charge in [0.25, 0.3) is 0 Å². The fourth-order valence-electron chi connectivity index (χ4n) is 1.72. The molecule has 0 spiro atoms. The first kappa shape index (κ1) is 10.4. The van der Waals surface area contributed by atoms with E-state index in [1.54, 1.807) is 13.2 Å². The molecular formula is C13H12N2O. The molecule has 1 aromatic rings. The summed E-state index contributed by atoms with van der Waals surface area (Å²) in [6, 6.07) is 10.1. The van der Waals surface area contributed by atoms with Gasteiger partial charge in [0, 0.05) is 12.0 Å². The molecule has 0 amide bonds. The van der Waals surface area contributed by atoms with Crippen LogP contribution < -0.4 is 0 Å². The molecule has 0 aromatic heterocycles. The van der Waals surface area contributed by atoms with E-state index in [2.05, 4.69) is 16.9 Å². The summed E-state index contributed by atoms with van der Waals surface area (Å²) >= 11 is 0. The molecule has 0 saturated heterocycles. The fraction of sp³-hybridized carbons (Fsp3) is 0.154. The third kappa shape index (κ3) is 1.95. The summed E-state index contributed by atoms with van der Waals surface area (Å²) in [7, 11) is 1.57. The minimum atomic E-state index is 0.168. The van der Waals surface area contributed by atoms with E-state index in [4.69, 9.17) is 10.3 Å². The first-order valence-corrected chi connectivity index (χ1v) is 5.06. The highest BCUT2D eigenvalue weighted by Gasteiger charge is 2.20. The number of benzene rings is 1. The molecule has 3 nitrogen and oxygen atoms in total. The van der Waals surface area contributed by atoms with Crippen LogP contribution in [0.25, 0.3) is 5.53 Å². The lowest BCUT2D eigenvalue weighted by Gasteiger charge is -2.12. The van der Waals surface area contributed by atoms with Crippen LogP contribution in [0, 0.1) is 0 Å². The molecule has 0 aliphatic heterocycles. The second-order valence-electron chi connectivity index (χ2n) is 3.52. The van der Waals surface area contributed by atoms with Crippen molar-refractivity contribution in [3.05, 3.63) is 65.4 Å². The van der Waals surface area contributed by atoms with E-state index in [9.17, 15) is 0 Å². The van der Waals surface area contributed by atoms with Gasteiger partial charge in [0.2, 0.25) is 5.76 Å². The number of hydrogen-bond donors (Lipinski definition) is 0. The highest BCUT2D eigenvalue weighted by molar-refractivity contribution is 6.04. The number of allylic oxidation sites excluding steroid dienone is 3. The lowest BCUT2D eigenvalue weighted by molar-refractivity contribution is -0.00690. The zero-order valence-corrected chi connectivity index (χ0v) is 9.00. The summed E-state index contributed by atoms with van der Waals surface area (Å²) in [6.45, 7) is 0. The van der Waals surface area contributed by atoms with Crippen molar-refractivity contribution in [3.8, 4) is 0 Å². The van der Waals surface area contributed by atoms with Crippen LogP contribution in [0.1, 0.15) is 11.5 Å². The van der Waals surface area contributed by atoms with Crippen molar-refractivity contribution in [1.29, 1.82) is 0 Å². The van der Waals surface area contributed by atoms with Crippen molar-refractivity contribution in [1.82, 2.24) is 0 Å². The number of methoxy groups -OCH3 is 1. The monoisotopic (exact) mass is 212 g/mol. The van der Waals surface area contributed by atoms with E-state index in [1.165, 1.54) is 5.56 Å². The standard InChI is InChI=1S/C13H12N2O/c1-16-13-9-11(7-8-12(13)15-14)10-5-3-2-4-6-10/h2-9,11H,1H3. The molecule has 0 radical (unpaired) electrons. The lowest BCUT2D eigenvalue weighted by atomic mass is 9.93. The molecule has 1 unspecified atom stereocenters. The molecule has 1 aliphatic carbocycles. The zero-order chi connectivity index (χ0) is 11.4. The van der Waals surface area contributed by atoms with Gasteiger partial charge >= 0.3 is 5.71 Å². The van der Waals surface area contributed by atoms with Crippen LogP contribution in [0.15, 0.2) is 54.3 Å². The molecule has 1 aromatic carbocycles. The normalized spacial score (nSPS) is 18.9. The van der Waals surface area contributed by atoms with Crippen molar-refractivity contribution in [2.45, 2.75) is 5.92 Å². The minimum Gasteiger partial charge on any atom is -0.490 e. The van der Waals surface area contributed by atoms with Crippen molar-refractivity contribution in [2.75, 3.05) is 7.11 Å². The first-order chi connectivity index (χ1) is 7.85. The van der Waals surface area contributed by atoms with E-state index in [1.807, 2.05) is 30.4 Å². The van der Waals surface area contributed by atoms with Crippen LogP contribution in [0.2, 0.25) is 0 Å². The molecule has 1 atom stereocenters. The molecule has 0 saturated carbocycles. The maximum absolute atomic E-state index is 8.77. The third-order valence-electron chi connectivity index (χ3n) is 2.56. The van der Waals surface area contributed by atoms with E-state index in [-0.39, 0.29) is 5.92 Å². The van der Waals surface area contributed by atoms with Crippen LogP contribution in [-0.4, -0.2) is 17.6 Å². The van der Waals surface area contributed by atoms with Gasteiger partial charge in [-0.25, -0.2) is 0 Å². The Bertz CT molecular complexity index is 482. The number of ether oxygens (including phenoxy) is 1. The van der Waals surface area contributed by atoms with Crippen LogP contribution in [0.3, 0.4) is 0 Å². The van der Waals surface area contributed by atoms with Gasteiger partial charge in [-0.15, -0.1) is 0 Å². The van der Waals surface area contributed by atoms with Crippen molar-refractivity contribution < 1.29 is 9.53 Å². The summed E-state index contributed by atoms with van der Waals surface area (Å²) < 4.78 is 5.17. The summed E-state index contributed by atoms with van der Waals surface area (Å²) in [5, 5.41) is 0. The Morgan fingerprint density at radius 2 is 2.00 bits per heavy atom. The summed E-state index contributed by atoms with van der Waals surface area (Å²) in [5.41, 5.74) is 10.4. The molecule has 2 rings (SSSR count). The van der Waals surface area contributed by atoms with Crippen molar-refractivity contribution in [2.24, 2.45) is 0 Å². The fourth-order valence-corrected chi connectivity index (χ4v) is 1.72. The molecule has 0 N–H and O–H groups in total. The van der Waals surface area contributed by atoms with Crippen molar-refractivity contribution in [3.63, 3.8) is 0 Å². The zero-order valence-electron chi connectivity index (χ0n) is 9.00. The Morgan fingerprint density at radius 1 is 1.25 bits per heavy atom. The van der Waals surface area contributed by atoms with Gasteiger partial charge in [-0.3, -0.25) is 0 Å². The van der Waals surface area contributed by atoms with E-state index in [0.29, 0.717) is 11.5 Å². The minimum absolute atomic E-state index is 0.168. The van der Waals surface area contributed by atoms with Crippen LogP contribution >= 0.6 is 0 Å². The van der Waals surface area contributed by atoms with Gasteiger partial charge in [-0.1, -0.05) is 36.4 Å². The molecular weight excluding hydrogens is 200 g/mol.